The van der Waals surface area contributed by atoms with Crippen molar-refractivity contribution in [2.45, 2.75) is 0 Å². The standard InChI is InChI=1S/C21H14ClN3/c22-17-10-6-9-16(13-17)20-14-19(15-7-2-1-3-8-15)24-21(25-20)18-11-4-5-12-23-18/h1-14H. The zero-order chi connectivity index (χ0) is 17.1. The predicted octanol–water partition coefficient (Wildman–Crippen LogP) is 5.53. The summed E-state index contributed by atoms with van der Waals surface area (Å²) in [6.07, 6.45) is 1.74. The van der Waals surface area contributed by atoms with E-state index in [9.17, 15) is 0 Å². The number of hydrogen-bond acceptors (Lipinski definition) is 3. The Kier molecular flexibility index (Phi) is 4.23. The largest absolute Gasteiger partial charge is 0.253 e. The minimum absolute atomic E-state index is 0.594. The third-order valence-corrected chi connectivity index (χ3v) is 4.05. The maximum absolute atomic E-state index is 6.15. The highest BCUT2D eigenvalue weighted by Gasteiger charge is 2.11. The predicted molar refractivity (Wildman–Crippen MR) is 101 cm³/mol. The highest BCUT2D eigenvalue weighted by atomic mass is 35.5. The van der Waals surface area contributed by atoms with E-state index in [0.717, 1.165) is 28.2 Å². The fourth-order valence-corrected chi connectivity index (χ4v) is 2.80. The van der Waals surface area contributed by atoms with Crippen LogP contribution in [0, 0.1) is 0 Å². The number of hydrogen-bond donors (Lipinski definition) is 0. The van der Waals surface area contributed by atoms with Gasteiger partial charge in [0.2, 0.25) is 0 Å². The minimum Gasteiger partial charge on any atom is -0.253 e. The van der Waals surface area contributed by atoms with Gasteiger partial charge in [-0.05, 0) is 30.3 Å². The lowest BCUT2D eigenvalue weighted by Crippen LogP contribution is -1.97. The molecule has 0 aliphatic rings. The molecule has 0 fully saturated rings. The van der Waals surface area contributed by atoms with Crippen LogP contribution in [0.5, 0.6) is 0 Å². The van der Waals surface area contributed by atoms with E-state index in [1.807, 2.05) is 78.9 Å². The smallest absolute Gasteiger partial charge is 0.179 e. The van der Waals surface area contributed by atoms with Gasteiger partial charge in [-0.15, -0.1) is 0 Å². The average Bonchev–Trinajstić information content (AvgIpc) is 2.69. The molecule has 25 heavy (non-hydrogen) atoms. The molecule has 0 aliphatic carbocycles. The molecule has 120 valence electrons. The normalized spacial score (nSPS) is 10.6. The van der Waals surface area contributed by atoms with E-state index in [1.54, 1.807) is 6.20 Å². The SMILES string of the molecule is Clc1cccc(-c2cc(-c3ccccc3)nc(-c3ccccn3)n2)c1. The highest BCUT2D eigenvalue weighted by Crippen LogP contribution is 2.27. The molecule has 2 aromatic carbocycles. The van der Waals surface area contributed by atoms with Crippen molar-refractivity contribution in [3.63, 3.8) is 0 Å². The second kappa shape index (κ2) is 6.83. The van der Waals surface area contributed by atoms with Crippen molar-refractivity contribution in [3.05, 3.63) is 90.1 Å². The monoisotopic (exact) mass is 343 g/mol. The van der Waals surface area contributed by atoms with E-state index < -0.39 is 0 Å². The minimum atomic E-state index is 0.594. The quantitative estimate of drug-likeness (QED) is 0.491. The maximum atomic E-state index is 6.15. The fraction of sp³-hybridized carbons (Fsp3) is 0. The lowest BCUT2D eigenvalue weighted by Gasteiger charge is -2.09. The van der Waals surface area contributed by atoms with Crippen LogP contribution >= 0.6 is 11.6 Å². The van der Waals surface area contributed by atoms with Crippen LogP contribution in [0.2, 0.25) is 5.02 Å². The molecular weight excluding hydrogens is 330 g/mol. The molecule has 0 radical (unpaired) electrons. The number of benzene rings is 2. The van der Waals surface area contributed by atoms with Crippen LogP contribution in [0.25, 0.3) is 34.0 Å². The molecule has 0 bridgehead atoms. The van der Waals surface area contributed by atoms with Crippen molar-refractivity contribution in [3.8, 4) is 34.0 Å². The summed E-state index contributed by atoms with van der Waals surface area (Å²) in [4.78, 5) is 13.8. The van der Waals surface area contributed by atoms with Gasteiger partial charge in [0.15, 0.2) is 5.82 Å². The van der Waals surface area contributed by atoms with Gasteiger partial charge in [-0.3, -0.25) is 4.98 Å². The van der Waals surface area contributed by atoms with E-state index in [1.165, 1.54) is 0 Å². The van der Waals surface area contributed by atoms with Gasteiger partial charge >= 0.3 is 0 Å². The van der Waals surface area contributed by atoms with Gasteiger partial charge in [-0.1, -0.05) is 60.1 Å². The number of pyridine rings is 1. The molecule has 0 unspecified atom stereocenters. The van der Waals surface area contributed by atoms with Gasteiger partial charge < -0.3 is 0 Å². The number of nitrogens with zero attached hydrogens (tertiary/aromatic N) is 3. The van der Waals surface area contributed by atoms with E-state index in [0.29, 0.717) is 10.8 Å². The van der Waals surface area contributed by atoms with Crippen molar-refractivity contribution in [1.29, 1.82) is 0 Å². The van der Waals surface area contributed by atoms with Crippen LogP contribution in [0.4, 0.5) is 0 Å². The van der Waals surface area contributed by atoms with Gasteiger partial charge in [0.05, 0.1) is 11.4 Å². The summed E-state index contributed by atoms with van der Waals surface area (Å²) in [7, 11) is 0. The Hall–Kier alpha value is -3.04. The summed E-state index contributed by atoms with van der Waals surface area (Å²) in [5.41, 5.74) is 4.39. The molecule has 0 spiro atoms. The van der Waals surface area contributed by atoms with Crippen molar-refractivity contribution < 1.29 is 0 Å². The molecule has 0 atom stereocenters. The number of rotatable bonds is 3. The van der Waals surface area contributed by atoms with Crippen LogP contribution in [-0.2, 0) is 0 Å². The topological polar surface area (TPSA) is 38.7 Å². The zero-order valence-corrected chi connectivity index (χ0v) is 14.1. The summed E-state index contributed by atoms with van der Waals surface area (Å²) in [5, 5.41) is 0.678. The summed E-state index contributed by atoms with van der Waals surface area (Å²) < 4.78 is 0. The second-order valence-electron chi connectivity index (χ2n) is 5.55. The first-order valence-corrected chi connectivity index (χ1v) is 8.29. The summed E-state index contributed by atoms with van der Waals surface area (Å²) in [6.45, 7) is 0. The molecular formula is C21H14ClN3. The third kappa shape index (κ3) is 3.42. The van der Waals surface area contributed by atoms with Crippen LogP contribution in [0.15, 0.2) is 85.1 Å². The first-order valence-electron chi connectivity index (χ1n) is 7.91. The Labute approximate surface area is 151 Å². The molecule has 0 saturated heterocycles. The molecule has 0 amide bonds. The summed E-state index contributed by atoms with van der Waals surface area (Å²) >= 11 is 6.15. The van der Waals surface area contributed by atoms with Gasteiger partial charge in [-0.2, -0.15) is 0 Å². The molecule has 0 N–H and O–H groups in total. The highest BCUT2D eigenvalue weighted by molar-refractivity contribution is 6.30. The Morgan fingerprint density at radius 2 is 1.32 bits per heavy atom. The summed E-state index contributed by atoms with van der Waals surface area (Å²) in [5.74, 6) is 0.594. The summed E-state index contributed by atoms with van der Waals surface area (Å²) in [6, 6.07) is 25.4. The number of aromatic nitrogens is 3. The van der Waals surface area contributed by atoms with Crippen LogP contribution in [0.1, 0.15) is 0 Å². The van der Waals surface area contributed by atoms with Crippen molar-refractivity contribution in [2.75, 3.05) is 0 Å². The molecule has 4 heteroatoms. The van der Waals surface area contributed by atoms with Crippen molar-refractivity contribution in [1.82, 2.24) is 15.0 Å². The Balaban J connectivity index is 1.92. The number of halogens is 1. The van der Waals surface area contributed by atoms with Crippen LogP contribution < -0.4 is 0 Å². The van der Waals surface area contributed by atoms with Crippen molar-refractivity contribution in [2.24, 2.45) is 0 Å². The van der Waals surface area contributed by atoms with E-state index in [2.05, 4.69) is 4.98 Å². The lowest BCUT2D eigenvalue weighted by atomic mass is 10.1. The molecule has 4 rings (SSSR count). The first kappa shape index (κ1) is 15.5. The van der Waals surface area contributed by atoms with Crippen LogP contribution in [0.3, 0.4) is 0 Å². The van der Waals surface area contributed by atoms with Gasteiger partial charge in [0.1, 0.15) is 5.69 Å². The Morgan fingerprint density at radius 3 is 2.04 bits per heavy atom. The molecule has 0 saturated carbocycles. The molecule has 4 aromatic rings. The fourth-order valence-electron chi connectivity index (χ4n) is 2.61. The van der Waals surface area contributed by atoms with Crippen LogP contribution in [-0.4, -0.2) is 15.0 Å². The molecule has 3 nitrogen and oxygen atoms in total. The van der Waals surface area contributed by atoms with Gasteiger partial charge in [0, 0.05) is 22.3 Å². The van der Waals surface area contributed by atoms with E-state index in [4.69, 9.17) is 21.6 Å². The average molecular weight is 344 g/mol. The third-order valence-electron chi connectivity index (χ3n) is 3.81. The Morgan fingerprint density at radius 1 is 0.600 bits per heavy atom. The second-order valence-corrected chi connectivity index (χ2v) is 5.99. The molecule has 0 aliphatic heterocycles. The molecule has 2 heterocycles. The Bertz CT molecular complexity index is 944. The first-order chi connectivity index (χ1) is 12.3. The molecule has 2 aromatic heterocycles. The van der Waals surface area contributed by atoms with Crippen molar-refractivity contribution >= 4 is 11.6 Å². The van der Waals surface area contributed by atoms with Gasteiger partial charge in [0.25, 0.3) is 0 Å². The zero-order valence-electron chi connectivity index (χ0n) is 13.3. The van der Waals surface area contributed by atoms with E-state index >= 15 is 0 Å². The van der Waals surface area contributed by atoms with Gasteiger partial charge in [-0.25, -0.2) is 9.97 Å². The lowest BCUT2D eigenvalue weighted by molar-refractivity contribution is 1.15. The maximum Gasteiger partial charge on any atom is 0.179 e. The van der Waals surface area contributed by atoms with E-state index in [-0.39, 0.29) is 0 Å².